The van der Waals surface area contributed by atoms with Gasteiger partial charge in [0.05, 0.1) is 0 Å². The molecule has 1 aliphatic rings. The molecule has 1 unspecified atom stereocenters. The summed E-state index contributed by atoms with van der Waals surface area (Å²) in [5.41, 5.74) is 4.05. The van der Waals surface area contributed by atoms with Crippen LogP contribution in [0.2, 0.25) is 0 Å². The van der Waals surface area contributed by atoms with Crippen molar-refractivity contribution in [2.75, 3.05) is 6.54 Å². The second-order valence-corrected chi connectivity index (χ2v) is 5.01. The number of carboxylic acids is 1. The van der Waals surface area contributed by atoms with Crippen LogP contribution in [0.1, 0.15) is 28.2 Å². The zero-order valence-corrected chi connectivity index (χ0v) is 11.0. The monoisotopic (exact) mass is 268 g/mol. The Morgan fingerprint density at radius 1 is 1.25 bits per heavy atom. The van der Waals surface area contributed by atoms with Crippen molar-refractivity contribution in [2.45, 2.75) is 18.9 Å². The first-order chi connectivity index (χ1) is 9.75. The molecular weight excluding hydrogens is 252 g/mol. The van der Waals surface area contributed by atoms with Crippen molar-refractivity contribution in [3.63, 3.8) is 0 Å². The van der Waals surface area contributed by atoms with Crippen LogP contribution in [0, 0.1) is 0 Å². The summed E-state index contributed by atoms with van der Waals surface area (Å²) in [6.07, 6.45) is 4.23. The van der Waals surface area contributed by atoms with E-state index in [1.807, 2.05) is 24.3 Å². The number of fused-ring (bicyclic) bond motifs is 1. The number of aromatic nitrogens is 1. The molecule has 102 valence electrons. The number of hydrogen-bond donors (Lipinski definition) is 2. The first kappa shape index (κ1) is 12.8. The van der Waals surface area contributed by atoms with E-state index in [2.05, 4.69) is 10.3 Å². The van der Waals surface area contributed by atoms with E-state index in [1.165, 1.54) is 11.1 Å². The number of aliphatic carboxylic acids is 1. The van der Waals surface area contributed by atoms with E-state index < -0.39 is 11.9 Å². The molecule has 4 heteroatoms. The van der Waals surface area contributed by atoms with Crippen LogP contribution in [0.15, 0.2) is 42.7 Å². The maximum atomic E-state index is 11.6. The number of nitrogens with one attached hydrogen (secondary N) is 1. The second-order valence-electron chi connectivity index (χ2n) is 5.01. The number of carbonyl (C=O) groups is 1. The highest BCUT2D eigenvalue weighted by molar-refractivity contribution is 5.80. The van der Waals surface area contributed by atoms with Gasteiger partial charge in [-0.15, -0.1) is 0 Å². The second kappa shape index (κ2) is 5.43. The lowest BCUT2D eigenvalue weighted by atomic mass is 9.88. The highest BCUT2D eigenvalue weighted by atomic mass is 16.4. The molecule has 2 N–H and O–H groups in total. The Balaban J connectivity index is 2.02. The van der Waals surface area contributed by atoms with Crippen LogP contribution >= 0.6 is 0 Å². The molecule has 0 fully saturated rings. The molecule has 1 aliphatic heterocycles. The van der Waals surface area contributed by atoms with Crippen LogP contribution < -0.4 is 5.32 Å². The number of hydrogen-bond acceptors (Lipinski definition) is 3. The highest BCUT2D eigenvalue weighted by Gasteiger charge is 2.23. The molecule has 0 bridgehead atoms. The summed E-state index contributed by atoms with van der Waals surface area (Å²) in [4.78, 5) is 15.7. The zero-order valence-electron chi connectivity index (χ0n) is 11.0. The third-order valence-electron chi connectivity index (χ3n) is 3.71. The summed E-state index contributed by atoms with van der Waals surface area (Å²) < 4.78 is 0. The van der Waals surface area contributed by atoms with Gasteiger partial charge in [-0.1, -0.05) is 24.3 Å². The molecule has 0 saturated heterocycles. The summed E-state index contributed by atoms with van der Waals surface area (Å²) in [7, 11) is 0. The van der Waals surface area contributed by atoms with Gasteiger partial charge in [0, 0.05) is 18.9 Å². The average molecular weight is 268 g/mol. The summed E-state index contributed by atoms with van der Waals surface area (Å²) in [5, 5.41) is 12.9. The smallest absolute Gasteiger partial charge is 0.315 e. The van der Waals surface area contributed by atoms with Crippen molar-refractivity contribution in [1.29, 1.82) is 0 Å². The molecule has 4 nitrogen and oxygen atoms in total. The van der Waals surface area contributed by atoms with Crippen LogP contribution in [0.25, 0.3) is 0 Å². The van der Waals surface area contributed by atoms with E-state index in [1.54, 1.807) is 18.5 Å². The minimum absolute atomic E-state index is 0.649. The van der Waals surface area contributed by atoms with Crippen molar-refractivity contribution < 1.29 is 9.90 Å². The molecule has 1 atom stereocenters. The number of benzene rings is 1. The van der Waals surface area contributed by atoms with Gasteiger partial charge in [0.1, 0.15) is 5.92 Å². The minimum atomic E-state index is -0.841. The standard InChI is InChI=1S/C16H16N2O2/c19-16(20)15(14-2-1-6-17-10-14)12-3-4-13-9-18-7-5-11(13)8-12/h1-4,6,8,10,15,18H,5,7,9H2,(H,19,20). The molecule has 0 saturated carbocycles. The van der Waals surface area contributed by atoms with E-state index in [9.17, 15) is 9.90 Å². The Labute approximate surface area is 117 Å². The Morgan fingerprint density at radius 3 is 2.90 bits per heavy atom. The molecular formula is C16H16N2O2. The maximum Gasteiger partial charge on any atom is 0.315 e. The Morgan fingerprint density at radius 2 is 2.15 bits per heavy atom. The van der Waals surface area contributed by atoms with Crippen LogP contribution in [-0.4, -0.2) is 22.6 Å². The van der Waals surface area contributed by atoms with Crippen LogP contribution in [-0.2, 0) is 17.8 Å². The first-order valence-corrected chi connectivity index (χ1v) is 6.71. The topological polar surface area (TPSA) is 62.2 Å². The van der Waals surface area contributed by atoms with Gasteiger partial charge in [-0.2, -0.15) is 0 Å². The highest BCUT2D eigenvalue weighted by Crippen LogP contribution is 2.27. The molecule has 20 heavy (non-hydrogen) atoms. The molecule has 1 aromatic carbocycles. The Kier molecular flexibility index (Phi) is 3.48. The van der Waals surface area contributed by atoms with E-state index in [0.717, 1.165) is 25.1 Å². The van der Waals surface area contributed by atoms with Gasteiger partial charge >= 0.3 is 5.97 Å². The largest absolute Gasteiger partial charge is 0.481 e. The summed E-state index contributed by atoms with van der Waals surface area (Å²) in [6.45, 7) is 1.81. The Hall–Kier alpha value is -2.20. The quantitative estimate of drug-likeness (QED) is 0.893. The molecule has 0 amide bonds. The third kappa shape index (κ3) is 2.42. The van der Waals surface area contributed by atoms with Crippen molar-refractivity contribution in [2.24, 2.45) is 0 Å². The predicted octanol–water partition coefficient (Wildman–Crippen LogP) is 1.94. The molecule has 0 radical (unpaired) electrons. The van der Waals surface area contributed by atoms with Crippen LogP contribution in [0.4, 0.5) is 0 Å². The van der Waals surface area contributed by atoms with E-state index in [0.29, 0.717) is 5.56 Å². The number of rotatable bonds is 3. The van der Waals surface area contributed by atoms with E-state index in [4.69, 9.17) is 0 Å². The first-order valence-electron chi connectivity index (χ1n) is 6.71. The molecule has 2 aromatic rings. The van der Waals surface area contributed by atoms with Gasteiger partial charge in [-0.05, 0) is 41.3 Å². The number of nitrogens with zero attached hydrogens (tertiary/aromatic N) is 1. The molecule has 1 aromatic heterocycles. The Bertz CT molecular complexity index is 626. The molecule has 3 rings (SSSR count). The van der Waals surface area contributed by atoms with Gasteiger partial charge in [0.2, 0.25) is 0 Å². The lowest BCUT2D eigenvalue weighted by Gasteiger charge is -2.20. The molecule has 2 heterocycles. The van der Waals surface area contributed by atoms with Gasteiger partial charge in [-0.3, -0.25) is 9.78 Å². The summed E-state index contributed by atoms with van der Waals surface area (Å²) in [6, 6.07) is 9.56. The third-order valence-corrected chi connectivity index (χ3v) is 3.71. The summed E-state index contributed by atoms with van der Waals surface area (Å²) >= 11 is 0. The fourth-order valence-electron chi connectivity index (χ4n) is 2.70. The predicted molar refractivity (Wildman–Crippen MR) is 75.6 cm³/mol. The van der Waals surface area contributed by atoms with Gasteiger partial charge in [0.25, 0.3) is 0 Å². The number of carboxylic acid groups (broad SMARTS) is 1. The minimum Gasteiger partial charge on any atom is -0.481 e. The van der Waals surface area contributed by atoms with Crippen molar-refractivity contribution in [1.82, 2.24) is 10.3 Å². The van der Waals surface area contributed by atoms with Gasteiger partial charge < -0.3 is 10.4 Å². The fraction of sp³-hybridized carbons (Fsp3) is 0.250. The maximum absolute atomic E-state index is 11.6. The van der Waals surface area contributed by atoms with Gasteiger partial charge in [-0.25, -0.2) is 0 Å². The summed E-state index contributed by atoms with van der Waals surface area (Å²) in [5.74, 6) is -1.49. The van der Waals surface area contributed by atoms with Crippen LogP contribution in [0.3, 0.4) is 0 Å². The van der Waals surface area contributed by atoms with Crippen molar-refractivity contribution >= 4 is 5.97 Å². The molecule has 0 spiro atoms. The van der Waals surface area contributed by atoms with Crippen molar-refractivity contribution in [3.8, 4) is 0 Å². The number of pyridine rings is 1. The van der Waals surface area contributed by atoms with Crippen molar-refractivity contribution in [3.05, 3.63) is 65.0 Å². The molecule has 0 aliphatic carbocycles. The lowest BCUT2D eigenvalue weighted by molar-refractivity contribution is -0.137. The fourth-order valence-corrected chi connectivity index (χ4v) is 2.70. The SMILES string of the molecule is O=C(O)C(c1cccnc1)c1ccc2c(c1)CCNC2. The van der Waals surface area contributed by atoms with Gasteiger partial charge in [0.15, 0.2) is 0 Å². The van der Waals surface area contributed by atoms with E-state index in [-0.39, 0.29) is 0 Å². The lowest BCUT2D eigenvalue weighted by Crippen LogP contribution is -2.24. The average Bonchev–Trinajstić information content (AvgIpc) is 2.48. The zero-order chi connectivity index (χ0) is 13.9. The normalized spacial score (nSPS) is 15.4. The van der Waals surface area contributed by atoms with E-state index >= 15 is 0 Å². The van der Waals surface area contributed by atoms with Crippen LogP contribution in [0.5, 0.6) is 0 Å².